The summed E-state index contributed by atoms with van der Waals surface area (Å²) >= 11 is 3.33. The lowest BCUT2D eigenvalue weighted by molar-refractivity contribution is 0.942. The van der Waals surface area contributed by atoms with Crippen molar-refractivity contribution in [2.75, 3.05) is 23.7 Å². The van der Waals surface area contributed by atoms with Gasteiger partial charge in [-0.2, -0.15) is 15.2 Å². The first kappa shape index (κ1) is 11.3. The number of hydrogen-bond acceptors (Lipinski definition) is 5. The van der Waals surface area contributed by atoms with Crippen LogP contribution in [0.2, 0.25) is 0 Å². The van der Waals surface area contributed by atoms with Crippen LogP contribution in [-0.2, 0) is 0 Å². The quantitative estimate of drug-likeness (QED) is 0.837. The van der Waals surface area contributed by atoms with Crippen LogP contribution in [0.4, 0.5) is 11.8 Å². The number of fused-ring (bicyclic) bond motifs is 1. The van der Waals surface area contributed by atoms with Crippen molar-refractivity contribution in [3.8, 4) is 6.07 Å². The van der Waals surface area contributed by atoms with E-state index in [0.717, 1.165) is 37.1 Å². The molecule has 6 nitrogen and oxygen atoms in total. The smallest absolute Gasteiger partial charge is 0.224 e. The zero-order chi connectivity index (χ0) is 12.7. The highest BCUT2D eigenvalue weighted by atomic mass is 79.9. The van der Waals surface area contributed by atoms with Crippen molar-refractivity contribution in [1.29, 1.82) is 5.26 Å². The van der Waals surface area contributed by atoms with Crippen molar-refractivity contribution in [3.05, 3.63) is 10.2 Å². The molecule has 0 radical (unpaired) electrons. The maximum atomic E-state index is 9.24. The molecular formula is C11H11BrN6. The largest absolute Gasteiger partial charge is 0.368 e. The predicted octanol–water partition coefficient (Wildman–Crippen LogP) is 1.77. The van der Waals surface area contributed by atoms with Crippen LogP contribution in [0.25, 0.3) is 11.0 Å². The zero-order valence-corrected chi connectivity index (χ0v) is 11.2. The molecule has 1 fully saturated rings. The van der Waals surface area contributed by atoms with E-state index < -0.39 is 0 Å². The summed E-state index contributed by atoms with van der Waals surface area (Å²) in [7, 11) is 0. The number of halogens is 1. The Morgan fingerprint density at radius 3 is 2.72 bits per heavy atom. The summed E-state index contributed by atoms with van der Waals surface area (Å²) in [6.07, 6.45) is 2.28. The molecule has 18 heavy (non-hydrogen) atoms. The summed E-state index contributed by atoms with van der Waals surface area (Å²) in [4.78, 5) is 13.6. The van der Waals surface area contributed by atoms with Gasteiger partial charge in [0.2, 0.25) is 5.95 Å². The average Bonchev–Trinajstić information content (AvgIpc) is 2.94. The van der Waals surface area contributed by atoms with Crippen LogP contribution in [0.5, 0.6) is 0 Å². The van der Waals surface area contributed by atoms with E-state index in [0.29, 0.717) is 15.8 Å². The maximum Gasteiger partial charge on any atom is 0.224 e. The van der Waals surface area contributed by atoms with Gasteiger partial charge < -0.3 is 15.6 Å². The molecule has 3 heterocycles. The molecule has 0 aromatic carbocycles. The van der Waals surface area contributed by atoms with E-state index in [9.17, 15) is 5.26 Å². The number of nitriles is 1. The van der Waals surface area contributed by atoms with Crippen LogP contribution in [0, 0.1) is 11.3 Å². The van der Waals surface area contributed by atoms with E-state index in [1.54, 1.807) is 0 Å². The van der Waals surface area contributed by atoms with Gasteiger partial charge >= 0.3 is 0 Å². The van der Waals surface area contributed by atoms with Crippen LogP contribution in [0.15, 0.2) is 4.60 Å². The Kier molecular flexibility index (Phi) is 2.59. The van der Waals surface area contributed by atoms with Crippen molar-refractivity contribution >= 4 is 38.7 Å². The first-order valence-corrected chi connectivity index (χ1v) is 6.49. The van der Waals surface area contributed by atoms with E-state index in [2.05, 4.69) is 41.9 Å². The molecule has 0 spiro atoms. The molecule has 0 saturated carbocycles. The van der Waals surface area contributed by atoms with Crippen molar-refractivity contribution in [2.45, 2.75) is 12.8 Å². The normalized spacial score (nSPS) is 15.2. The number of nitrogen functional groups attached to an aromatic ring is 1. The van der Waals surface area contributed by atoms with Crippen LogP contribution in [-0.4, -0.2) is 28.0 Å². The highest BCUT2D eigenvalue weighted by Gasteiger charge is 2.22. The molecule has 7 heteroatoms. The van der Waals surface area contributed by atoms with Gasteiger partial charge in [0.25, 0.3) is 0 Å². The second-order valence-corrected chi connectivity index (χ2v) is 5.04. The lowest BCUT2D eigenvalue weighted by Gasteiger charge is -2.17. The van der Waals surface area contributed by atoms with Crippen molar-refractivity contribution < 1.29 is 0 Å². The van der Waals surface area contributed by atoms with Crippen LogP contribution in [0.1, 0.15) is 18.4 Å². The molecule has 3 N–H and O–H groups in total. The van der Waals surface area contributed by atoms with Gasteiger partial charge in [0.05, 0.1) is 10.9 Å². The molecule has 1 saturated heterocycles. The highest BCUT2D eigenvalue weighted by molar-refractivity contribution is 9.10. The second-order valence-electron chi connectivity index (χ2n) is 4.25. The molecule has 2 aromatic heterocycles. The number of anilines is 2. The first-order valence-electron chi connectivity index (χ1n) is 5.70. The SMILES string of the molecule is N#Cc1c(Br)[nH]c2nc(N)nc(N3CCCC3)c12. The number of H-pyrrole nitrogens is 1. The van der Waals surface area contributed by atoms with Gasteiger partial charge in [-0.1, -0.05) is 0 Å². The number of rotatable bonds is 1. The number of nitrogens with one attached hydrogen (secondary N) is 1. The van der Waals surface area contributed by atoms with Gasteiger partial charge in [0.1, 0.15) is 22.1 Å². The molecular weight excluding hydrogens is 296 g/mol. The van der Waals surface area contributed by atoms with Gasteiger partial charge in [0, 0.05) is 13.1 Å². The Labute approximate surface area is 112 Å². The van der Waals surface area contributed by atoms with E-state index in [-0.39, 0.29) is 5.95 Å². The molecule has 0 unspecified atom stereocenters. The fourth-order valence-corrected chi connectivity index (χ4v) is 2.80. The summed E-state index contributed by atoms with van der Waals surface area (Å²) in [5, 5.41) is 9.99. The van der Waals surface area contributed by atoms with E-state index in [1.165, 1.54) is 0 Å². The Hall–Kier alpha value is -1.81. The van der Waals surface area contributed by atoms with Crippen LogP contribution < -0.4 is 10.6 Å². The van der Waals surface area contributed by atoms with Gasteiger partial charge in [-0.05, 0) is 28.8 Å². The summed E-state index contributed by atoms with van der Waals surface area (Å²) < 4.78 is 0.625. The van der Waals surface area contributed by atoms with E-state index >= 15 is 0 Å². The Morgan fingerprint density at radius 1 is 1.33 bits per heavy atom. The highest BCUT2D eigenvalue weighted by Crippen LogP contribution is 2.33. The number of nitrogens with zero attached hydrogens (tertiary/aromatic N) is 4. The third-order valence-electron chi connectivity index (χ3n) is 3.12. The molecule has 0 amide bonds. The molecule has 0 atom stereocenters. The van der Waals surface area contributed by atoms with Crippen molar-refractivity contribution in [1.82, 2.24) is 15.0 Å². The standard InChI is InChI=1S/C11H11BrN6/c12-8-6(5-13)7-9(15-8)16-11(14)17-10(7)18-3-1-2-4-18/h1-4H2,(H3,14,15,16,17). The Morgan fingerprint density at radius 2 is 2.06 bits per heavy atom. The number of nitrogens with two attached hydrogens (primary N) is 1. The fourth-order valence-electron chi connectivity index (χ4n) is 2.33. The van der Waals surface area contributed by atoms with E-state index in [4.69, 9.17) is 5.73 Å². The Bertz CT molecular complexity index is 650. The summed E-state index contributed by atoms with van der Waals surface area (Å²) in [5.74, 6) is 0.983. The topological polar surface area (TPSA) is 94.6 Å². The van der Waals surface area contributed by atoms with Crippen LogP contribution >= 0.6 is 15.9 Å². The lowest BCUT2D eigenvalue weighted by atomic mass is 10.2. The molecule has 3 rings (SSSR count). The number of aromatic amines is 1. The predicted molar refractivity (Wildman–Crippen MR) is 72.2 cm³/mol. The lowest BCUT2D eigenvalue weighted by Crippen LogP contribution is -2.20. The monoisotopic (exact) mass is 306 g/mol. The summed E-state index contributed by atoms with van der Waals surface area (Å²) in [6.45, 7) is 1.89. The molecule has 0 aliphatic carbocycles. The van der Waals surface area contributed by atoms with Crippen molar-refractivity contribution in [3.63, 3.8) is 0 Å². The minimum atomic E-state index is 0.225. The molecule has 2 aromatic rings. The number of hydrogen-bond donors (Lipinski definition) is 2. The average molecular weight is 307 g/mol. The van der Waals surface area contributed by atoms with Gasteiger partial charge in [0.15, 0.2) is 0 Å². The van der Waals surface area contributed by atoms with Crippen LogP contribution in [0.3, 0.4) is 0 Å². The second kappa shape index (κ2) is 4.14. The minimum absolute atomic E-state index is 0.225. The zero-order valence-electron chi connectivity index (χ0n) is 9.57. The number of aromatic nitrogens is 3. The molecule has 1 aliphatic rings. The van der Waals surface area contributed by atoms with Gasteiger partial charge in [-0.15, -0.1) is 0 Å². The molecule has 92 valence electrons. The first-order chi connectivity index (χ1) is 8.70. The summed E-state index contributed by atoms with van der Waals surface area (Å²) in [5.41, 5.74) is 6.86. The fraction of sp³-hybridized carbons (Fsp3) is 0.364. The van der Waals surface area contributed by atoms with Gasteiger partial charge in [-0.3, -0.25) is 0 Å². The minimum Gasteiger partial charge on any atom is -0.368 e. The van der Waals surface area contributed by atoms with E-state index in [1.807, 2.05) is 0 Å². The third-order valence-corrected chi connectivity index (χ3v) is 3.72. The maximum absolute atomic E-state index is 9.24. The summed E-state index contributed by atoms with van der Waals surface area (Å²) in [6, 6.07) is 2.18. The van der Waals surface area contributed by atoms with Crippen molar-refractivity contribution in [2.24, 2.45) is 0 Å². The molecule has 0 bridgehead atoms. The van der Waals surface area contributed by atoms with Gasteiger partial charge in [-0.25, -0.2) is 0 Å². The third kappa shape index (κ3) is 1.61. The molecule has 1 aliphatic heterocycles. The Balaban J connectivity index is 2.31.